The van der Waals surface area contributed by atoms with E-state index in [0.29, 0.717) is 28.3 Å². The minimum atomic E-state index is -0.176. The Morgan fingerprint density at radius 2 is 1.93 bits per heavy atom. The summed E-state index contributed by atoms with van der Waals surface area (Å²) in [5.74, 6) is 1.72. The first-order valence-electron chi connectivity index (χ1n) is 8.32. The van der Waals surface area contributed by atoms with Crippen molar-refractivity contribution < 1.29 is 18.7 Å². The Morgan fingerprint density at radius 1 is 1.07 bits per heavy atom. The van der Waals surface area contributed by atoms with Gasteiger partial charge < -0.3 is 19.2 Å². The summed E-state index contributed by atoms with van der Waals surface area (Å²) >= 11 is 1.19. The molecule has 0 fully saturated rings. The Balaban J connectivity index is 1.35. The highest BCUT2D eigenvalue weighted by atomic mass is 32.2. The maximum Gasteiger partial charge on any atom is 0.277 e. The number of carbonyl (C=O) groups is 1. The average Bonchev–Trinajstić information content (AvgIpc) is 3.31. The van der Waals surface area contributed by atoms with Crippen LogP contribution in [0, 0.1) is 13.8 Å². The van der Waals surface area contributed by atoms with Crippen molar-refractivity contribution in [3.8, 4) is 23.0 Å². The lowest BCUT2D eigenvalue weighted by molar-refractivity contribution is -0.113. The van der Waals surface area contributed by atoms with Gasteiger partial charge in [0, 0.05) is 17.3 Å². The number of nitrogens with zero attached hydrogens (tertiary/aromatic N) is 2. The first-order chi connectivity index (χ1) is 13.1. The number of fused-ring (bicyclic) bond motifs is 1. The van der Waals surface area contributed by atoms with Crippen LogP contribution in [0.4, 0.5) is 5.69 Å². The van der Waals surface area contributed by atoms with Crippen LogP contribution >= 0.6 is 11.8 Å². The lowest BCUT2D eigenvalue weighted by Gasteiger charge is -2.05. The summed E-state index contributed by atoms with van der Waals surface area (Å²) in [6, 6.07) is 11.2. The molecule has 1 amide bonds. The largest absolute Gasteiger partial charge is 0.454 e. The zero-order valence-corrected chi connectivity index (χ0v) is 15.6. The third-order valence-electron chi connectivity index (χ3n) is 4.14. The van der Waals surface area contributed by atoms with E-state index in [-0.39, 0.29) is 18.5 Å². The van der Waals surface area contributed by atoms with Crippen LogP contribution in [-0.4, -0.2) is 28.7 Å². The molecule has 0 saturated carbocycles. The molecular formula is C19H17N3O4S. The van der Waals surface area contributed by atoms with E-state index in [2.05, 4.69) is 15.5 Å². The molecule has 0 spiro atoms. The minimum absolute atomic E-state index is 0.156. The molecular weight excluding hydrogens is 366 g/mol. The molecule has 0 aliphatic carbocycles. The molecule has 1 aliphatic rings. The van der Waals surface area contributed by atoms with Crippen LogP contribution in [0.1, 0.15) is 11.1 Å². The van der Waals surface area contributed by atoms with Crippen molar-refractivity contribution in [1.82, 2.24) is 10.2 Å². The number of ether oxygens (including phenoxy) is 2. The van der Waals surface area contributed by atoms with E-state index < -0.39 is 0 Å². The summed E-state index contributed by atoms with van der Waals surface area (Å²) in [6.07, 6.45) is 0. The third kappa shape index (κ3) is 3.90. The van der Waals surface area contributed by atoms with E-state index in [1.807, 2.05) is 32.0 Å². The number of amides is 1. The second-order valence-electron chi connectivity index (χ2n) is 6.08. The highest BCUT2D eigenvalue weighted by Gasteiger charge is 2.15. The van der Waals surface area contributed by atoms with Gasteiger partial charge in [-0.05, 0) is 49.2 Å². The van der Waals surface area contributed by atoms with Crippen molar-refractivity contribution in [2.24, 2.45) is 0 Å². The average molecular weight is 383 g/mol. The highest BCUT2D eigenvalue weighted by molar-refractivity contribution is 7.99. The van der Waals surface area contributed by atoms with Gasteiger partial charge in [-0.3, -0.25) is 4.79 Å². The number of aromatic nitrogens is 2. The first-order valence-corrected chi connectivity index (χ1v) is 9.30. The molecule has 8 heteroatoms. The molecule has 138 valence electrons. The summed E-state index contributed by atoms with van der Waals surface area (Å²) in [4.78, 5) is 12.2. The van der Waals surface area contributed by atoms with Gasteiger partial charge in [-0.1, -0.05) is 17.8 Å². The second-order valence-corrected chi connectivity index (χ2v) is 7.00. The predicted octanol–water partition coefficient (Wildman–Crippen LogP) is 3.81. The molecule has 3 aromatic rings. The Bertz CT molecular complexity index is 1000. The Kier molecular flexibility index (Phi) is 4.72. The number of hydrogen-bond donors (Lipinski definition) is 1. The van der Waals surface area contributed by atoms with Gasteiger partial charge >= 0.3 is 0 Å². The van der Waals surface area contributed by atoms with E-state index in [1.165, 1.54) is 17.3 Å². The SMILES string of the molecule is Cc1ccc(-c2nnc(SCC(=O)Nc3ccc4c(c3)OCO4)o2)cc1C. The Labute approximate surface area is 160 Å². The number of anilines is 1. The number of rotatable bonds is 5. The van der Waals surface area contributed by atoms with Crippen LogP contribution in [-0.2, 0) is 4.79 Å². The van der Waals surface area contributed by atoms with E-state index in [9.17, 15) is 4.79 Å². The molecule has 0 bridgehead atoms. The summed E-state index contributed by atoms with van der Waals surface area (Å²) in [7, 11) is 0. The molecule has 4 rings (SSSR count). The van der Waals surface area contributed by atoms with Crippen molar-refractivity contribution in [2.45, 2.75) is 19.1 Å². The maximum atomic E-state index is 12.2. The molecule has 0 saturated heterocycles. The van der Waals surface area contributed by atoms with Gasteiger partial charge in [0.15, 0.2) is 11.5 Å². The Hall–Kier alpha value is -3.00. The van der Waals surface area contributed by atoms with Crippen LogP contribution in [0.5, 0.6) is 11.5 Å². The van der Waals surface area contributed by atoms with Crippen molar-refractivity contribution in [2.75, 3.05) is 17.9 Å². The van der Waals surface area contributed by atoms with Gasteiger partial charge in [-0.2, -0.15) is 0 Å². The molecule has 0 unspecified atom stereocenters. The lowest BCUT2D eigenvalue weighted by Crippen LogP contribution is -2.13. The van der Waals surface area contributed by atoms with E-state index in [0.717, 1.165) is 11.1 Å². The zero-order valence-electron chi connectivity index (χ0n) is 14.8. The smallest absolute Gasteiger partial charge is 0.277 e. The number of nitrogens with one attached hydrogen (secondary N) is 1. The van der Waals surface area contributed by atoms with Crippen LogP contribution in [0.2, 0.25) is 0 Å². The van der Waals surface area contributed by atoms with Gasteiger partial charge in [0.05, 0.1) is 5.75 Å². The topological polar surface area (TPSA) is 86.5 Å². The zero-order chi connectivity index (χ0) is 18.8. The van der Waals surface area contributed by atoms with E-state index >= 15 is 0 Å². The van der Waals surface area contributed by atoms with Crippen LogP contribution in [0.3, 0.4) is 0 Å². The molecule has 27 heavy (non-hydrogen) atoms. The van der Waals surface area contributed by atoms with Crippen molar-refractivity contribution in [3.63, 3.8) is 0 Å². The number of benzene rings is 2. The quantitative estimate of drug-likeness (QED) is 0.670. The molecule has 0 radical (unpaired) electrons. The second kappa shape index (κ2) is 7.32. The summed E-state index contributed by atoms with van der Waals surface area (Å²) in [5, 5.41) is 11.2. The maximum absolute atomic E-state index is 12.2. The molecule has 1 aliphatic heterocycles. The number of aryl methyl sites for hydroxylation is 2. The summed E-state index contributed by atoms with van der Waals surface area (Å²) in [5.41, 5.74) is 3.87. The molecule has 0 atom stereocenters. The van der Waals surface area contributed by atoms with Crippen LogP contribution in [0.15, 0.2) is 46.0 Å². The first kappa shape index (κ1) is 17.4. The number of hydrogen-bond acceptors (Lipinski definition) is 7. The van der Waals surface area contributed by atoms with E-state index in [1.54, 1.807) is 18.2 Å². The fraction of sp³-hybridized carbons (Fsp3) is 0.211. The number of carbonyl (C=O) groups excluding carboxylic acids is 1. The molecule has 1 N–H and O–H groups in total. The van der Waals surface area contributed by atoms with Gasteiger partial charge in [0.1, 0.15) is 0 Å². The molecule has 1 aromatic heterocycles. The normalized spacial score (nSPS) is 12.2. The van der Waals surface area contributed by atoms with Crippen LogP contribution in [0.25, 0.3) is 11.5 Å². The summed E-state index contributed by atoms with van der Waals surface area (Å²) in [6.45, 7) is 4.28. The highest BCUT2D eigenvalue weighted by Crippen LogP contribution is 2.34. The van der Waals surface area contributed by atoms with Gasteiger partial charge in [-0.25, -0.2) is 0 Å². The predicted molar refractivity (Wildman–Crippen MR) is 101 cm³/mol. The van der Waals surface area contributed by atoms with Crippen molar-refractivity contribution in [3.05, 3.63) is 47.5 Å². The van der Waals surface area contributed by atoms with Gasteiger partial charge in [-0.15, -0.1) is 10.2 Å². The molecule has 2 aromatic carbocycles. The molecule has 7 nitrogen and oxygen atoms in total. The Morgan fingerprint density at radius 3 is 2.78 bits per heavy atom. The lowest BCUT2D eigenvalue weighted by atomic mass is 10.1. The van der Waals surface area contributed by atoms with Crippen LogP contribution < -0.4 is 14.8 Å². The van der Waals surface area contributed by atoms with Gasteiger partial charge in [0.25, 0.3) is 5.22 Å². The number of thioether (sulfide) groups is 1. The minimum Gasteiger partial charge on any atom is -0.454 e. The monoisotopic (exact) mass is 383 g/mol. The van der Waals surface area contributed by atoms with E-state index in [4.69, 9.17) is 13.9 Å². The standard InChI is InChI=1S/C19H17N3O4S/c1-11-3-4-13(7-12(11)2)18-21-22-19(26-18)27-9-17(23)20-14-5-6-15-16(8-14)25-10-24-15/h3-8H,9-10H2,1-2H3,(H,20,23). The third-order valence-corrected chi connectivity index (χ3v) is 4.96. The van der Waals surface area contributed by atoms with Crippen molar-refractivity contribution in [1.29, 1.82) is 0 Å². The summed E-state index contributed by atoms with van der Waals surface area (Å²) < 4.78 is 16.2. The molecule has 2 heterocycles. The van der Waals surface area contributed by atoms with Crippen molar-refractivity contribution >= 4 is 23.4 Å². The fourth-order valence-corrected chi connectivity index (χ4v) is 3.12. The van der Waals surface area contributed by atoms with Gasteiger partial charge in [0.2, 0.25) is 18.6 Å². The fourth-order valence-electron chi connectivity index (χ4n) is 2.56.